The molecule has 0 aromatic heterocycles. The zero-order valence-electron chi connectivity index (χ0n) is 27.4. The van der Waals surface area contributed by atoms with E-state index in [0.717, 1.165) is 34.4 Å². The molecule has 0 saturated carbocycles. The predicted molar refractivity (Wildman–Crippen MR) is 183 cm³/mol. The number of ether oxygens (including phenoxy) is 4. The highest BCUT2D eigenvalue weighted by atomic mass is 16.5. The number of hydrogen-bond donors (Lipinski definition) is 1. The van der Waals surface area contributed by atoms with Gasteiger partial charge in [0, 0.05) is 17.4 Å². The van der Waals surface area contributed by atoms with Gasteiger partial charge in [-0.25, -0.2) is 0 Å². The summed E-state index contributed by atoms with van der Waals surface area (Å²) < 4.78 is 23.5. The average molecular weight is 607 g/mol. The minimum absolute atomic E-state index is 0.189. The van der Waals surface area contributed by atoms with Crippen LogP contribution < -0.4 is 14.2 Å². The van der Waals surface area contributed by atoms with Crippen LogP contribution in [0.25, 0.3) is 10.8 Å². The van der Waals surface area contributed by atoms with Crippen molar-refractivity contribution < 1.29 is 24.1 Å². The number of unbranched alkanes of at least 4 members (excludes halogenated alkanes) is 15. The van der Waals surface area contributed by atoms with Crippen molar-refractivity contribution in [2.45, 2.75) is 116 Å². The molecule has 3 aromatic carbocycles. The molecule has 0 spiro atoms. The van der Waals surface area contributed by atoms with E-state index in [1.807, 2.05) is 66.7 Å². The molecule has 44 heavy (non-hydrogen) atoms. The Morgan fingerprint density at radius 1 is 0.477 bits per heavy atom. The van der Waals surface area contributed by atoms with Gasteiger partial charge in [-0.2, -0.15) is 0 Å². The Morgan fingerprint density at radius 3 is 1.52 bits per heavy atom. The quantitative estimate of drug-likeness (QED) is 0.0875. The van der Waals surface area contributed by atoms with Gasteiger partial charge in [-0.15, -0.1) is 0 Å². The molecule has 3 rings (SSSR count). The van der Waals surface area contributed by atoms with Crippen LogP contribution in [0.1, 0.15) is 110 Å². The van der Waals surface area contributed by atoms with Crippen LogP contribution in [0.15, 0.2) is 66.7 Å². The second-order valence-electron chi connectivity index (χ2n) is 12.0. The van der Waals surface area contributed by atoms with Crippen molar-refractivity contribution in [1.82, 2.24) is 0 Å². The molecule has 0 fully saturated rings. The third kappa shape index (κ3) is 15.3. The fourth-order valence-corrected chi connectivity index (χ4v) is 5.53. The summed E-state index contributed by atoms with van der Waals surface area (Å²) in [5, 5.41) is 12.3. The maximum atomic E-state index is 10.4. The fourth-order valence-electron chi connectivity index (χ4n) is 5.53. The first-order chi connectivity index (χ1) is 21.8. The van der Waals surface area contributed by atoms with Crippen molar-refractivity contribution in [3.8, 4) is 17.2 Å². The standard InChI is InChI=1S/C39H58O5/c1-2-3-4-5-6-7-8-9-10-11-12-13-14-15-16-22-29-41-32-34(40)33-44-39-28-27-38(36-25-20-21-26-37(36)39)43-31-30-42-35-23-18-17-19-24-35/h17-21,23-28,34,40H,2-16,22,29-33H2,1H3. The van der Waals surface area contributed by atoms with E-state index in [4.69, 9.17) is 18.9 Å². The molecule has 0 saturated heterocycles. The van der Waals surface area contributed by atoms with Crippen molar-refractivity contribution in [3.63, 3.8) is 0 Å². The van der Waals surface area contributed by atoms with Gasteiger partial charge in [-0.05, 0) is 30.7 Å². The van der Waals surface area contributed by atoms with Gasteiger partial charge < -0.3 is 24.1 Å². The van der Waals surface area contributed by atoms with Gasteiger partial charge >= 0.3 is 0 Å². The Morgan fingerprint density at radius 2 is 0.955 bits per heavy atom. The summed E-state index contributed by atoms with van der Waals surface area (Å²) in [4.78, 5) is 0. The normalized spacial score (nSPS) is 12.0. The van der Waals surface area contributed by atoms with Crippen LogP contribution in [0.3, 0.4) is 0 Å². The molecular formula is C39H58O5. The third-order valence-electron chi connectivity index (χ3n) is 8.08. The summed E-state index contributed by atoms with van der Waals surface area (Å²) in [6.45, 7) is 4.36. The second-order valence-corrected chi connectivity index (χ2v) is 12.0. The summed E-state index contributed by atoms with van der Waals surface area (Å²) in [6.07, 6.45) is 21.1. The molecule has 0 bridgehead atoms. The van der Waals surface area contributed by atoms with Crippen molar-refractivity contribution in [2.24, 2.45) is 0 Å². The van der Waals surface area contributed by atoms with Crippen LogP contribution in [0.5, 0.6) is 17.2 Å². The van der Waals surface area contributed by atoms with Crippen LogP contribution >= 0.6 is 0 Å². The number of aliphatic hydroxyl groups is 1. The van der Waals surface area contributed by atoms with Crippen molar-refractivity contribution in [3.05, 3.63) is 66.7 Å². The first-order valence-corrected chi connectivity index (χ1v) is 17.5. The van der Waals surface area contributed by atoms with Gasteiger partial charge in [0.2, 0.25) is 0 Å². The summed E-state index contributed by atoms with van der Waals surface area (Å²) >= 11 is 0. The monoisotopic (exact) mass is 606 g/mol. The molecule has 0 aliphatic rings. The zero-order chi connectivity index (χ0) is 30.9. The van der Waals surface area contributed by atoms with E-state index in [0.29, 0.717) is 26.4 Å². The number of para-hydroxylation sites is 1. The smallest absolute Gasteiger partial charge is 0.127 e. The third-order valence-corrected chi connectivity index (χ3v) is 8.08. The maximum Gasteiger partial charge on any atom is 0.127 e. The van der Waals surface area contributed by atoms with Crippen LogP contribution in [0.2, 0.25) is 0 Å². The first kappa shape index (κ1) is 35.7. The molecule has 1 unspecified atom stereocenters. The lowest BCUT2D eigenvalue weighted by molar-refractivity contribution is 0.0112. The van der Waals surface area contributed by atoms with Gasteiger partial charge in [-0.1, -0.05) is 146 Å². The van der Waals surface area contributed by atoms with Gasteiger partial charge in [-0.3, -0.25) is 0 Å². The maximum absolute atomic E-state index is 10.4. The van der Waals surface area contributed by atoms with Crippen LogP contribution in [0.4, 0.5) is 0 Å². The van der Waals surface area contributed by atoms with Gasteiger partial charge in [0.1, 0.15) is 43.2 Å². The van der Waals surface area contributed by atoms with E-state index in [-0.39, 0.29) is 6.61 Å². The minimum atomic E-state index is -0.666. The lowest BCUT2D eigenvalue weighted by Gasteiger charge is -2.16. The molecule has 0 radical (unpaired) electrons. The van der Waals surface area contributed by atoms with E-state index in [1.165, 1.54) is 96.3 Å². The number of hydrogen-bond acceptors (Lipinski definition) is 5. The molecule has 5 heteroatoms. The highest BCUT2D eigenvalue weighted by molar-refractivity contribution is 5.93. The fraction of sp³-hybridized carbons (Fsp3) is 0.590. The second kappa shape index (κ2) is 23.6. The summed E-state index contributed by atoms with van der Waals surface area (Å²) in [7, 11) is 0. The van der Waals surface area contributed by atoms with Crippen LogP contribution in [0, 0.1) is 0 Å². The molecule has 0 aliphatic heterocycles. The molecule has 1 N–H and O–H groups in total. The Hall–Kier alpha value is -2.76. The summed E-state index contributed by atoms with van der Waals surface area (Å²) in [5.41, 5.74) is 0. The molecular weight excluding hydrogens is 548 g/mol. The SMILES string of the molecule is CCCCCCCCCCCCCCCCCCOCC(O)COc1ccc(OCCOc2ccccc2)c2ccccc12. The summed E-state index contributed by atoms with van der Waals surface area (Å²) in [5.74, 6) is 2.34. The number of benzene rings is 3. The lowest BCUT2D eigenvalue weighted by atomic mass is 10.0. The molecule has 0 aliphatic carbocycles. The van der Waals surface area contributed by atoms with E-state index in [2.05, 4.69) is 6.92 Å². The molecule has 0 amide bonds. The number of aliphatic hydroxyl groups excluding tert-OH is 1. The zero-order valence-corrected chi connectivity index (χ0v) is 27.4. The van der Waals surface area contributed by atoms with Crippen LogP contribution in [-0.2, 0) is 4.74 Å². The predicted octanol–water partition coefficient (Wildman–Crippen LogP) is 10.3. The Kier molecular flexibility index (Phi) is 19.2. The minimum Gasteiger partial charge on any atom is -0.490 e. The highest BCUT2D eigenvalue weighted by Crippen LogP contribution is 2.33. The number of rotatable bonds is 27. The van der Waals surface area contributed by atoms with Gasteiger partial charge in [0.05, 0.1) is 6.61 Å². The van der Waals surface area contributed by atoms with Gasteiger partial charge in [0.15, 0.2) is 0 Å². The van der Waals surface area contributed by atoms with Crippen molar-refractivity contribution in [2.75, 3.05) is 33.0 Å². The average Bonchev–Trinajstić information content (AvgIpc) is 3.06. The Balaban J connectivity index is 1.18. The molecule has 3 aromatic rings. The Bertz CT molecular complexity index is 1100. The van der Waals surface area contributed by atoms with E-state index in [1.54, 1.807) is 0 Å². The van der Waals surface area contributed by atoms with Crippen molar-refractivity contribution in [1.29, 1.82) is 0 Å². The molecule has 244 valence electrons. The van der Waals surface area contributed by atoms with E-state index < -0.39 is 6.10 Å². The van der Waals surface area contributed by atoms with Gasteiger partial charge in [0.25, 0.3) is 0 Å². The van der Waals surface area contributed by atoms with Crippen LogP contribution in [-0.4, -0.2) is 44.2 Å². The molecule has 0 heterocycles. The van der Waals surface area contributed by atoms with Crippen molar-refractivity contribution >= 4 is 10.8 Å². The van der Waals surface area contributed by atoms with E-state index in [9.17, 15) is 5.11 Å². The lowest BCUT2D eigenvalue weighted by Crippen LogP contribution is -2.23. The number of fused-ring (bicyclic) bond motifs is 1. The Labute approximate surface area is 267 Å². The molecule has 1 atom stereocenters. The van der Waals surface area contributed by atoms with E-state index >= 15 is 0 Å². The topological polar surface area (TPSA) is 57.2 Å². The largest absolute Gasteiger partial charge is 0.490 e. The molecule has 5 nitrogen and oxygen atoms in total. The highest BCUT2D eigenvalue weighted by Gasteiger charge is 2.11. The first-order valence-electron chi connectivity index (χ1n) is 17.5. The summed E-state index contributed by atoms with van der Waals surface area (Å²) in [6, 6.07) is 21.6.